The standard InChI is InChI=1S/C13H21NO3/c1-13(2)6-10(13)7-14-11(15)8-3-4-9(5-8)12(16)17/h8-10H,3-7H2,1-2H3,(H,14,15)(H,16,17). The van der Waals surface area contributed by atoms with Crippen LogP contribution in [0.25, 0.3) is 0 Å². The number of carbonyl (C=O) groups is 2. The van der Waals surface area contributed by atoms with Gasteiger partial charge in [-0.2, -0.15) is 0 Å². The van der Waals surface area contributed by atoms with Crippen LogP contribution in [0.4, 0.5) is 0 Å². The van der Waals surface area contributed by atoms with Crippen LogP contribution in [-0.4, -0.2) is 23.5 Å². The van der Waals surface area contributed by atoms with Crippen LogP contribution in [0, 0.1) is 23.2 Å². The summed E-state index contributed by atoms with van der Waals surface area (Å²) in [7, 11) is 0. The Morgan fingerprint density at radius 2 is 1.88 bits per heavy atom. The average molecular weight is 239 g/mol. The van der Waals surface area contributed by atoms with Gasteiger partial charge in [-0.3, -0.25) is 9.59 Å². The van der Waals surface area contributed by atoms with E-state index in [0.717, 1.165) is 13.0 Å². The lowest BCUT2D eigenvalue weighted by molar-refractivity contribution is -0.141. The highest BCUT2D eigenvalue weighted by atomic mass is 16.4. The SMILES string of the molecule is CC1(C)CC1CNC(=O)C1CCC(C(=O)O)C1. The van der Waals surface area contributed by atoms with E-state index in [1.54, 1.807) is 0 Å². The Morgan fingerprint density at radius 3 is 2.35 bits per heavy atom. The third-order valence-electron chi connectivity index (χ3n) is 4.39. The molecule has 4 heteroatoms. The van der Waals surface area contributed by atoms with Gasteiger partial charge in [0.05, 0.1) is 5.92 Å². The molecule has 0 heterocycles. The van der Waals surface area contributed by atoms with Crippen molar-refractivity contribution in [3.63, 3.8) is 0 Å². The van der Waals surface area contributed by atoms with E-state index in [9.17, 15) is 9.59 Å². The van der Waals surface area contributed by atoms with E-state index in [-0.39, 0.29) is 17.7 Å². The molecular formula is C13H21NO3. The Bertz CT molecular complexity index is 338. The van der Waals surface area contributed by atoms with Crippen LogP contribution in [0.2, 0.25) is 0 Å². The highest BCUT2D eigenvalue weighted by molar-refractivity contribution is 5.80. The minimum absolute atomic E-state index is 0.0523. The predicted molar refractivity (Wildman–Crippen MR) is 63.4 cm³/mol. The van der Waals surface area contributed by atoms with Crippen molar-refractivity contribution in [3.05, 3.63) is 0 Å². The van der Waals surface area contributed by atoms with Gasteiger partial charge >= 0.3 is 5.97 Å². The molecular weight excluding hydrogens is 218 g/mol. The smallest absolute Gasteiger partial charge is 0.306 e. The topological polar surface area (TPSA) is 66.4 Å². The van der Waals surface area contributed by atoms with E-state index in [0.29, 0.717) is 24.2 Å². The maximum absolute atomic E-state index is 11.9. The van der Waals surface area contributed by atoms with Gasteiger partial charge in [-0.25, -0.2) is 0 Å². The van der Waals surface area contributed by atoms with Gasteiger partial charge in [0, 0.05) is 12.5 Å². The number of carbonyl (C=O) groups excluding carboxylic acids is 1. The number of hydrogen-bond acceptors (Lipinski definition) is 2. The molecule has 0 spiro atoms. The van der Waals surface area contributed by atoms with Crippen LogP contribution in [0.1, 0.15) is 39.5 Å². The number of rotatable bonds is 4. The summed E-state index contributed by atoms with van der Waals surface area (Å²) in [5, 5.41) is 11.8. The zero-order valence-electron chi connectivity index (χ0n) is 10.5. The molecule has 0 aromatic rings. The van der Waals surface area contributed by atoms with Crippen LogP contribution in [0.5, 0.6) is 0 Å². The second-order valence-corrected chi connectivity index (χ2v) is 6.18. The number of carboxylic acids is 1. The Hall–Kier alpha value is -1.06. The van der Waals surface area contributed by atoms with Crippen LogP contribution < -0.4 is 5.32 Å². The van der Waals surface area contributed by atoms with Crippen LogP contribution in [-0.2, 0) is 9.59 Å². The first-order valence-electron chi connectivity index (χ1n) is 6.40. The van der Waals surface area contributed by atoms with Crippen molar-refractivity contribution in [2.45, 2.75) is 39.5 Å². The lowest BCUT2D eigenvalue weighted by Crippen LogP contribution is -2.32. The molecule has 0 saturated heterocycles. The van der Waals surface area contributed by atoms with Gasteiger partial charge < -0.3 is 10.4 Å². The summed E-state index contributed by atoms with van der Waals surface area (Å²) < 4.78 is 0. The summed E-state index contributed by atoms with van der Waals surface area (Å²) in [5.74, 6) is -0.510. The van der Waals surface area contributed by atoms with Gasteiger partial charge in [-0.1, -0.05) is 13.8 Å². The van der Waals surface area contributed by atoms with Gasteiger partial charge in [0.15, 0.2) is 0 Å². The third-order valence-corrected chi connectivity index (χ3v) is 4.39. The lowest BCUT2D eigenvalue weighted by Gasteiger charge is -2.11. The molecule has 96 valence electrons. The molecule has 0 radical (unpaired) electrons. The molecule has 0 aromatic heterocycles. The number of aliphatic carboxylic acids is 1. The maximum Gasteiger partial charge on any atom is 0.306 e. The van der Waals surface area contributed by atoms with Crippen molar-refractivity contribution >= 4 is 11.9 Å². The first kappa shape index (κ1) is 12.4. The first-order chi connectivity index (χ1) is 7.90. The summed E-state index contributed by atoms with van der Waals surface area (Å²) in [6.45, 7) is 5.17. The summed E-state index contributed by atoms with van der Waals surface area (Å²) in [6, 6.07) is 0. The molecule has 2 N–H and O–H groups in total. The zero-order chi connectivity index (χ0) is 12.6. The Labute approximate surface area is 102 Å². The molecule has 4 nitrogen and oxygen atoms in total. The maximum atomic E-state index is 11.9. The summed E-state index contributed by atoms with van der Waals surface area (Å²) >= 11 is 0. The molecule has 0 aromatic carbocycles. The average Bonchev–Trinajstić information content (AvgIpc) is 2.68. The molecule has 2 rings (SSSR count). The summed E-state index contributed by atoms with van der Waals surface area (Å²) in [5.41, 5.74) is 0.382. The Morgan fingerprint density at radius 1 is 1.29 bits per heavy atom. The fraction of sp³-hybridized carbons (Fsp3) is 0.846. The van der Waals surface area contributed by atoms with E-state index in [1.165, 1.54) is 6.42 Å². The van der Waals surface area contributed by atoms with Crippen molar-refractivity contribution < 1.29 is 14.7 Å². The zero-order valence-corrected chi connectivity index (χ0v) is 10.5. The summed E-state index contributed by atoms with van der Waals surface area (Å²) in [4.78, 5) is 22.7. The van der Waals surface area contributed by atoms with Crippen LogP contribution in [0.15, 0.2) is 0 Å². The van der Waals surface area contributed by atoms with E-state index in [2.05, 4.69) is 19.2 Å². The highest BCUT2D eigenvalue weighted by Crippen LogP contribution is 2.51. The van der Waals surface area contributed by atoms with Crippen molar-refractivity contribution in [3.8, 4) is 0 Å². The quantitative estimate of drug-likeness (QED) is 0.784. The largest absolute Gasteiger partial charge is 0.481 e. The van der Waals surface area contributed by atoms with Crippen molar-refractivity contribution in [1.82, 2.24) is 5.32 Å². The molecule has 0 aliphatic heterocycles. The normalized spacial score (nSPS) is 34.4. The van der Waals surface area contributed by atoms with Gasteiger partial charge in [0.25, 0.3) is 0 Å². The van der Waals surface area contributed by atoms with Crippen molar-refractivity contribution in [2.75, 3.05) is 6.54 Å². The van der Waals surface area contributed by atoms with E-state index >= 15 is 0 Å². The molecule has 2 fully saturated rings. The second kappa shape index (κ2) is 4.31. The third kappa shape index (κ3) is 2.79. The van der Waals surface area contributed by atoms with Gasteiger partial charge in [-0.05, 0) is 37.0 Å². The van der Waals surface area contributed by atoms with Crippen molar-refractivity contribution in [2.24, 2.45) is 23.2 Å². The minimum atomic E-state index is -0.761. The van der Waals surface area contributed by atoms with Crippen LogP contribution >= 0.6 is 0 Å². The molecule has 17 heavy (non-hydrogen) atoms. The van der Waals surface area contributed by atoms with Gasteiger partial charge in [0.1, 0.15) is 0 Å². The fourth-order valence-corrected chi connectivity index (χ4v) is 2.74. The number of nitrogens with one attached hydrogen (secondary N) is 1. The number of amides is 1. The minimum Gasteiger partial charge on any atom is -0.481 e. The molecule has 1 amide bonds. The van der Waals surface area contributed by atoms with E-state index in [1.807, 2.05) is 0 Å². The lowest BCUT2D eigenvalue weighted by atomic mass is 10.0. The van der Waals surface area contributed by atoms with Crippen LogP contribution in [0.3, 0.4) is 0 Å². The molecule has 3 unspecified atom stereocenters. The van der Waals surface area contributed by atoms with E-state index < -0.39 is 5.97 Å². The van der Waals surface area contributed by atoms with Gasteiger partial charge in [-0.15, -0.1) is 0 Å². The molecule has 2 aliphatic carbocycles. The second-order valence-electron chi connectivity index (χ2n) is 6.18. The monoisotopic (exact) mass is 239 g/mol. The molecule has 0 bridgehead atoms. The molecule has 2 saturated carbocycles. The molecule has 3 atom stereocenters. The molecule has 2 aliphatic rings. The first-order valence-corrected chi connectivity index (χ1v) is 6.40. The number of hydrogen-bond donors (Lipinski definition) is 2. The summed E-state index contributed by atoms with van der Waals surface area (Å²) in [6.07, 6.45) is 3.05. The Balaban J connectivity index is 1.72. The number of carboxylic acid groups (broad SMARTS) is 1. The highest BCUT2D eigenvalue weighted by Gasteiger charge is 2.45. The Kier molecular flexibility index (Phi) is 3.15. The van der Waals surface area contributed by atoms with E-state index in [4.69, 9.17) is 5.11 Å². The fourth-order valence-electron chi connectivity index (χ4n) is 2.74. The van der Waals surface area contributed by atoms with Gasteiger partial charge in [0.2, 0.25) is 5.91 Å². The predicted octanol–water partition coefficient (Wildman–Crippen LogP) is 1.65. The van der Waals surface area contributed by atoms with Crippen molar-refractivity contribution in [1.29, 1.82) is 0 Å².